The van der Waals surface area contributed by atoms with Gasteiger partial charge < -0.3 is 9.47 Å². The summed E-state index contributed by atoms with van der Waals surface area (Å²) in [5.74, 6) is 0. The van der Waals surface area contributed by atoms with E-state index in [1.54, 1.807) is 0 Å². The number of anilines is 3. The van der Waals surface area contributed by atoms with Crippen LogP contribution in [0.3, 0.4) is 0 Å². The van der Waals surface area contributed by atoms with E-state index in [2.05, 4.69) is 216 Å². The molecule has 0 atom stereocenters. The van der Waals surface area contributed by atoms with Crippen molar-refractivity contribution in [3.8, 4) is 16.8 Å². The molecule has 0 radical (unpaired) electrons. The van der Waals surface area contributed by atoms with Gasteiger partial charge in [-0.2, -0.15) is 0 Å². The molecule has 10 aromatic carbocycles. The minimum atomic E-state index is 1.11. The number of fused-ring (bicyclic) bond motifs is 9. The van der Waals surface area contributed by atoms with Crippen LogP contribution in [-0.4, -0.2) is 4.57 Å². The van der Waals surface area contributed by atoms with Gasteiger partial charge in [-0.15, -0.1) is 0 Å². The van der Waals surface area contributed by atoms with Gasteiger partial charge in [-0.25, -0.2) is 0 Å². The van der Waals surface area contributed by atoms with Crippen LogP contribution in [0.4, 0.5) is 17.1 Å². The molecular weight excluding hydrogens is 653 g/mol. The number of hydrogen-bond donors (Lipinski definition) is 0. The summed E-state index contributed by atoms with van der Waals surface area (Å²) >= 11 is 0. The quantitative estimate of drug-likeness (QED) is 0.175. The standard InChI is InChI=1S/C52H34N2/c1-2-16-41(17-3-1)53(42-28-24-36(25-29-42)40-23-22-35-12-4-5-15-39(35)34-40)47-32-33-48(46-21-11-10-20-45(46)47)54-49-30-26-37-13-6-8-18-43(37)51(49)52-44-19-9-7-14-38(44)27-31-50(52)54/h1-34H. The summed E-state index contributed by atoms with van der Waals surface area (Å²) in [4.78, 5) is 2.39. The van der Waals surface area contributed by atoms with Gasteiger partial charge in [-0.3, -0.25) is 0 Å². The topological polar surface area (TPSA) is 8.17 Å². The van der Waals surface area contributed by atoms with Crippen molar-refractivity contribution in [3.63, 3.8) is 0 Å². The second kappa shape index (κ2) is 12.2. The van der Waals surface area contributed by atoms with Gasteiger partial charge in [-0.1, -0.05) is 152 Å². The zero-order chi connectivity index (χ0) is 35.6. The Balaban J connectivity index is 1.13. The third-order valence-corrected chi connectivity index (χ3v) is 11.1. The van der Waals surface area contributed by atoms with Crippen LogP contribution in [0.2, 0.25) is 0 Å². The first-order valence-corrected chi connectivity index (χ1v) is 18.6. The van der Waals surface area contributed by atoms with Crippen molar-refractivity contribution in [2.45, 2.75) is 0 Å². The first-order chi connectivity index (χ1) is 26.8. The summed E-state index contributed by atoms with van der Waals surface area (Å²) in [6.07, 6.45) is 0. The van der Waals surface area contributed by atoms with Crippen molar-refractivity contribution in [3.05, 3.63) is 206 Å². The smallest absolute Gasteiger partial charge is 0.0548 e. The van der Waals surface area contributed by atoms with E-state index in [0.29, 0.717) is 0 Å². The zero-order valence-corrected chi connectivity index (χ0v) is 29.5. The van der Waals surface area contributed by atoms with Gasteiger partial charge in [0.25, 0.3) is 0 Å². The maximum Gasteiger partial charge on any atom is 0.0548 e. The molecule has 0 aliphatic rings. The molecule has 1 aromatic heterocycles. The summed E-state index contributed by atoms with van der Waals surface area (Å²) < 4.78 is 2.49. The van der Waals surface area contributed by atoms with Crippen LogP contribution in [0.25, 0.3) is 81.7 Å². The number of benzene rings is 10. The summed E-state index contributed by atoms with van der Waals surface area (Å²) in [7, 11) is 0. The fourth-order valence-corrected chi connectivity index (χ4v) is 8.64. The Labute approximate surface area is 313 Å². The molecule has 0 saturated carbocycles. The lowest BCUT2D eigenvalue weighted by molar-refractivity contribution is 1.19. The Morgan fingerprint density at radius 1 is 0.315 bits per heavy atom. The van der Waals surface area contributed by atoms with Gasteiger partial charge in [0.15, 0.2) is 0 Å². The summed E-state index contributed by atoms with van der Waals surface area (Å²) in [5.41, 5.74) is 9.36. The van der Waals surface area contributed by atoms with Gasteiger partial charge in [0.05, 0.1) is 22.4 Å². The average Bonchev–Trinajstić information content (AvgIpc) is 3.59. The molecule has 11 aromatic rings. The van der Waals surface area contributed by atoms with Gasteiger partial charge in [0, 0.05) is 32.9 Å². The lowest BCUT2D eigenvalue weighted by Gasteiger charge is -2.28. The molecule has 54 heavy (non-hydrogen) atoms. The molecule has 0 amide bonds. The minimum absolute atomic E-state index is 1.11. The van der Waals surface area contributed by atoms with Gasteiger partial charge in [0.1, 0.15) is 0 Å². The van der Waals surface area contributed by atoms with E-state index in [9.17, 15) is 0 Å². The van der Waals surface area contributed by atoms with Crippen molar-refractivity contribution in [2.24, 2.45) is 0 Å². The minimum Gasteiger partial charge on any atom is -0.310 e. The zero-order valence-electron chi connectivity index (χ0n) is 29.5. The Morgan fingerprint density at radius 2 is 0.815 bits per heavy atom. The molecule has 252 valence electrons. The highest BCUT2D eigenvalue weighted by Crippen LogP contribution is 2.45. The molecule has 0 N–H and O–H groups in total. The molecule has 11 rings (SSSR count). The molecule has 0 fully saturated rings. The number of hydrogen-bond acceptors (Lipinski definition) is 1. The number of aromatic nitrogens is 1. The summed E-state index contributed by atoms with van der Waals surface area (Å²) in [6, 6.07) is 75.2. The van der Waals surface area contributed by atoms with Crippen LogP contribution in [0, 0.1) is 0 Å². The van der Waals surface area contributed by atoms with Crippen LogP contribution in [0.1, 0.15) is 0 Å². The largest absolute Gasteiger partial charge is 0.310 e. The number of nitrogens with zero attached hydrogens (tertiary/aromatic N) is 2. The molecule has 0 saturated heterocycles. The van der Waals surface area contributed by atoms with Crippen LogP contribution >= 0.6 is 0 Å². The van der Waals surface area contributed by atoms with Crippen LogP contribution < -0.4 is 4.90 Å². The molecule has 1 heterocycles. The van der Waals surface area contributed by atoms with Crippen molar-refractivity contribution >= 4 is 82.0 Å². The maximum atomic E-state index is 2.49. The number of para-hydroxylation sites is 1. The normalized spacial score (nSPS) is 11.7. The predicted octanol–water partition coefficient (Wildman–Crippen LogP) is 14.5. The third-order valence-electron chi connectivity index (χ3n) is 11.1. The second-order valence-corrected chi connectivity index (χ2v) is 14.1. The number of rotatable bonds is 5. The molecule has 2 heteroatoms. The Morgan fingerprint density at radius 3 is 1.48 bits per heavy atom. The van der Waals surface area contributed by atoms with Gasteiger partial charge in [0.2, 0.25) is 0 Å². The molecule has 0 bridgehead atoms. The Hall–Kier alpha value is -7.16. The monoisotopic (exact) mass is 686 g/mol. The highest BCUT2D eigenvalue weighted by Gasteiger charge is 2.21. The Kier molecular flexibility index (Phi) is 6.90. The van der Waals surface area contributed by atoms with E-state index in [4.69, 9.17) is 0 Å². The molecule has 0 spiro atoms. The van der Waals surface area contributed by atoms with E-state index in [-0.39, 0.29) is 0 Å². The fraction of sp³-hybridized carbons (Fsp3) is 0. The molecule has 0 aliphatic carbocycles. The van der Waals surface area contributed by atoms with Crippen molar-refractivity contribution < 1.29 is 0 Å². The Bertz CT molecular complexity index is 3120. The summed E-state index contributed by atoms with van der Waals surface area (Å²) in [5, 5.41) is 12.5. The SMILES string of the molecule is c1ccc(N(c2ccc(-c3ccc4ccccc4c3)cc2)c2ccc(-n3c4ccc5ccccc5c4c4c5ccccc5ccc43)c3ccccc23)cc1. The molecule has 0 aliphatic heterocycles. The van der Waals surface area contributed by atoms with Gasteiger partial charge in [-0.05, 0) is 98.0 Å². The molecule has 2 nitrogen and oxygen atoms in total. The molecule has 0 unspecified atom stereocenters. The van der Waals surface area contributed by atoms with Crippen molar-refractivity contribution in [2.75, 3.05) is 4.90 Å². The lowest BCUT2D eigenvalue weighted by atomic mass is 10.00. The highest BCUT2D eigenvalue weighted by molar-refractivity contribution is 6.29. The van der Waals surface area contributed by atoms with E-state index < -0.39 is 0 Å². The average molecular weight is 687 g/mol. The first-order valence-electron chi connectivity index (χ1n) is 18.6. The van der Waals surface area contributed by atoms with Gasteiger partial charge >= 0.3 is 0 Å². The third kappa shape index (κ3) is 4.74. The van der Waals surface area contributed by atoms with Crippen LogP contribution in [-0.2, 0) is 0 Å². The lowest BCUT2D eigenvalue weighted by Crippen LogP contribution is -2.11. The fourth-order valence-electron chi connectivity index (χ4n) is 8.64. The van der Waals surface area contributed by atoms with Crippen LogP contribution in [0.5, 0.6) is 0 Å². The van der Waals surface area contributed by atoms with E-state index in [0.717, 1.165) is 17.1 Å². The highest BCUT2D eigenvalue weighted by atomic mass is 15.1. The van der Waals surface area contributed by atoms with Crippen molar-refractivity contribution in [1.29, 1.82) is 0 Å². The first kappa shape index (κ1) is 30.5. The predicted molar refractivity (Wildman–Crippen MR) is 231 cm³/mol. The van der Waals surface area contributed by atoms with E-state index >= 15 is 0 Å². The van der Waals surface area contributed by atoms with E-state index in [1.165, 1.54) is 81.7 Å². The second-order valence-electron chi connectivity index (χ2n) is 14.1. The van der Waals surface area contributed by atoms with Crippen molar-refractivity contribution in [1.82, 2.24) is 4.57 Å². The van der Waals surface area contributed by atoms with E-state index in [1.807, 2.05) is 0 Å². The summed E-state index contributed by atoms with van der Waals surface area (Å²) in [6.45, 7) is 0. The molecular formula is C52H34N2. The maximum absolute atomic E-state index is 2.49. The van der Waals surface area contributed by atoms with Crippen LogP contribution in [0.15, 0.2) is 206 Å².